The summed E-state index contributed by atoms with van der Waals surface area (Å²) >= 11 is 1.95. The van der Waals surface area contributed by atoms with Crippen LogP contribution in [0, 0.1) is 17.3 Å². The van der Waals surface area contributed by atoms with Crippen molar-refractivity contribution in [2.24, 2.45) is 22.2 Å². The Hall–Kier alpha value is -0.180. The van der Waals surface area contributed by atoms with Crippen molar-refractivity contribution in [2.75, 3.05) is 13.1 Å². The van der Waals surface area contributed by atoms with E-state index in [0.717, 1.165) is 30.2 Å². The first kappa shape index (κ1) is 12.3. The largest absolute Gasteiger partial charge is 0.365 e. The quantitative estimate of drug-likeness (QED) is 0.816. The maximum Gasteiger partial charge on any atom is 0.156 e. The number of hydrogen-bond acceptors (Lipinski definition) is 3. The van der Waals surface area contributed by atoms with Gasteiger partial charge in [0.15, 0.2) is 5.17 Å². The molecule has 1 N–H and O–H groups in total. The molecule has 92 valence electrons. The van der Waals surface area contributed by atoms with E-state index in [1.807, 2.05) is 11.8 Å². The van der Waals surface area contributed by atoms with Crippen molar-refractivity contribution in [3.63, 3.8) is 0 Å². The van der Waals surface area contributed by atoms with Crippen LogP contribution in [-0.4, -0.2) is 23.5 Å². The Morgan fingerprint density at radius 3 is 2.75 bits per heavy atom. The fourth-order valence-electron chi connectivity index (χ4n) is 2.30. The van der Waals surface area contributed by atoms with Crippen LogP contribution in [0.1, 0.15) is 40.5 Å². The summed E-state index contributed by atoms with van der Waals surface area (Å²) in [6.45, 7) is 11.4. The summed E-state index contributed by atoms with van der Waals surface area (Å²) in [5.41, 5.74) is 0.578. The molecule has 2 atom stereocenters. The van der Waals surface area contributed by atoms with Gasteiger partial charge in [-0.15, -0.1) is 0 Å². The van der Waals surface area contributed by atoms with Gasteiger partial charge in [0.25, 0.3) is 0 Å². The van der Waals surface area contributed by atoms with Gasteiger partial charge >= 0.3 is 0 Å². The highest BCUT2D eigenvalue weighted by atomic mass is 32.2. The SMILES string of the molecule is CC(C)CC1CN=C(NCC2CC2(C)C)S1. The van der Waals surface area contributed by atoms with Crippen molar-refractivity contribution >= 4 is 16.9 Å². The van der Waals surface area contributed by atoms with Crippen LogP contribution in [0.5, 0.6) is 0 Å². The summed E-state index contributed by atoms with van der Waals surface area (Å²) in [7, 11) is 0. The fourth-order valence-corrected chi connectivity index (χ4v) is 3.56. The van der Waals surface area contributed by atoms with E-state index < -0.39 is 0 Å². The molecule has 0 spiro atoms. The van der Waals surface area contributed by atoms with Crippen LogP contribution in [0.25, 0.3) is 0 Å². The Morgan fingerprint density at radius 2 is 2.19 bits per heavy atom. The number of amidine groups is 1. The molecule has 3 heteroatoms. The second kappa shape index (κ2) is 4.59. The first-order valence-electron chi connectivity index (χ1n) is 6.42. The van der Waals surface area contributed by atoms with E-state index in [1.165, 1.54) is 18.0 Å². The lowest BCUT2D eigenvalue weighted by Crippen LogP contribution is -2.23. The molecule has 1 aliphatic carbocycles. The Labute approximate surface area is 104 Å². The van der Waals surface area contributed by atoms with Crippen LogP contribution in [0.4, 0.5) is 0 Å². The van der Waals surface area contributed by atoms with Crippen molar-refractivity contribution < 1.29 is 0 Å². The average molecular weight is 240 g/mol. The van der Waals surface area contributed by atoms with E-state index in [1.54, 1.807) is 0 Å². The Balaban J connectivity index is 1.65. The maximum absolute atomic E-state index is 4.59. The minimum absolute atomic E-state index is 0.578. The summed E-state index contributed by atoms with van der Waals surface area (Å²) in [4.78, 5) is 4.59. The molecule has 0 aromatic heterocycles. The maximum atomic E-state index is 4.59. The van der Waals surface area contributed by atoms with Gasteiger partial charge in [-0.1, -0.05) is 39.5 Å². The topological polar surface area (TPSA) is 24.4 Å². The molecule has 0 saturated heterocycles. The molecule has 2 rings (SSSR count). The summed E-state index contributed by atoms with van der Waals surface area (Å²) in [6, 6.07) is 0. The lowest BCUT2D eigenvalue weighted by molar-refractivity contribution is 0.552. The van der Waals surface area contributed by atoms with Crippen molar-refractivity contribution in [3.8, 4) is 0 Å². The standard InChI is InChI=1S/C13H24N2S/c1-9(2)5-11-8-15-12(16-11)14-7-10-6-13(10,3)4/h9-11H,5-8H2,1-4H3,(H,14,15). The van der Waals surface area contributed by atoms with Crippen LogP contribution in [0.15, 0.2) is 4.99 Å². The van der Waals surface area contributed by atoms with Crippen LogP contribution in [0.2, 0.25) is 0 Å². The Kier molecular flexibility index (Phi) is 3.53. The molecule has 2 aliphatic rings. The first-order chi connectivity index (χ1) is 7.47. The highest BCUT2D eigenvalue weighted by Gasteiger charge is 2.45. The molecular weight excluding hydrogens is 216 g/mol. The van der Waals surface area contributed by atoms with Crippen molar-refractivity contribution in [1.29, 1.82) is 0 Å². The minimum Gasteiger partial charge on any atom is -0.365 e. The number of nitrogens with zero attached hydrogens (tertiary/aromatic N) is 1. The van der Waals surface area contributed by atoms with Gasteiger partial charge in [-0.25, -0.2) is 0 Å². The third kappa shape index (κ3) is 3.16. The molecule has 2 nitrogen and oxygen atoms in total. The van der Waals surface area contributed by atoms with Gasteiger partial charge in [-0.05, 0) is 30.1 Å². The van der Waals surface area contributed by atoms with E-state index in [9.17, 15) is 0 Å². The predicted molar refractivity (Wildman–Crippen MR) is 73.0 cm³/mol. The smallest absolute Gasteiger partial charge is 0.156 e. The summed E-state index contributed by atoms with van der Waals surface area (Å²) < 4.78 is 0. The number of rotatable bonds is 4. The van der Waals surface area contributed by atoms with Gasteiger partial charge in [-0.2, -0.15) is 0 Å². The predicted octanol–water partition coefficient (Wildman–Crippen LogP) is 3.14. The van der Waals surface area contributed by atoms with E-state index >= 15 is 0 Å². The molecule has 1 fully saturated rings. The number of thioether (sulfide) groups is 1. The molecule has 16 heavy (non-hydrogen) atoms. The van der Waals surface area contributed by atoms with E-state index in [2.05, 4.69) is 38.0 Å². The van der Waals surface area contributed by atoms with Crippen molar-refractivity contribution in [1.82, 2.24) is 5.32 Å². The van der Waals surface area contributed by atoms with E-state index in [4.69, 9.17) is 0 Å². The molecule has 0 radical (unpaired) electrons. The number of nitrogens with one attached hydrogen (secondary N) is 1. The lowest BCUT2D eigenvalue weighted by atomic mass is 10.1. The van der Waals surface area contributed by atoms with Crippen molar-refractivity contribution in [2.45, 2.75) is 45.8 Å². The molecule has 1 heterocycles. The second-order valence-corrected chi connectivity index (χ2v) is 7.57. The lowest BCUT2D eigenvalue weighted by Gasteiger charge is -2.11. The summed E-state index contributed by atoms with van der Waals surface area (Å²) in [6.07, 6.45) is 2.65. The summed E-state index contributed by atoms with van der Waals surface area (Å²) in [5.74, 6) is 1.65. The van der Waals surface area contributed by atoms with Gasteiger partial charge in [0.05, 0.1) is 6.54 Å². The van der Waals surface area contributed by atoms with E-state index in [0.29, 0.717) is 5.41 Å². The molecule has 0 aromatic carbocycles. The third-order valence-electron chi connectivity index (χ3n) is 3.67. The molecule has 1 saturated carbocycles. The van der Waals surface area contributed by atoms with Gasteiger partial charge in [0.2, 0.25) is 0 Å². The highest BCUT2D eigenvalue weighted by molar-refractivity contribution is 8.14. The molecule has 2 unspecified atom stereocenters. The van der Waals surface area contributed by atoms with Gasteiger partial charge in [0.1, 0.15) is 0 Å². The third-order valence-corrected chi connectivity index (χ3v) is 4.84. The number of hydrogen-bond donors (Lipinski definition) is 1. The Bertz CT molecular complexity index is 284. The van der Waals surface area contributed by atoms with Crippen LogP contribution >= 0.6 is 11.8 Å². The summed E-state index contributed by atoms with van der Waals surface area (Å²) in [5, 5.41) is 5.42. The van der Waals surface area contributed by atoms with E-state index in [-0.39, 0.29) is 0 Å². The van der Waals surface area contributed by atoms with Crippen LogP contribution in [-0.2, 0) is 0 Å². The zero-order chi connectivity index (χ0) is 11.8. The first-order valence-corrected chi connectivity index (χ1v) is 7.30. The zero-order valence-electron chi connectivity index (χ0n) is 10.9. The molecule has 0 bridgehead atoms. The zero-order valence-corrected chi connectivity index (χ0v) is 11.7. The van der Waals surface area contributed by atoms with Crippen molar-refractivity contribution in [3.05, 3.63) is 0 Å². The Morgan fingerprint density at radius 1 is 1.50 bits per heavy atom. The minimum atomic E-state index is 0.578. The normalized spacial score (nSPS) is 31.7. The highest BCUT2D eigenvalue weighted by Crippen LogP contribution is 2.51. The fraction of sp³-hybridized carbons (Fsp3) is 0.923. The average Bonchev–Trinajstić information content (AvgIpc) is 2.58. The molecular formula is C13H24N2S. The molecule has 1 aliphatic heterocycles. The molecule has 0 amide bonds. The second-order valence-electron chi connectivity index (χ2n) is 6.29. The van der Waals surface area contributed by atoms with Gasteiger partial charge in [0, 0.05) is 11.8 Å². The van der Waals surface area contributed by atoms with Gasteiger partial charge < -0.3 is 5.32 Å². The van der Waals surface area contributed by atoms with Crippen LogP contribution in [0.3, 0.4) is 0 Å². The monoisotopic (exact) mass is 240 g/mol. The molecule has 0 aromatic rings. The van der Waals surface area contributed by atoms with Crippen LogP contribution < -0.4 is 5.32 Å². The number of aliphatic imine (C=N–C) groups is 1. The van der Waals surface area contributed by atoms with Gasteiger partial charge in [-0.3, -0.25) is 4.99 Å².